The Hall–Kier alpha value is -3.67. The molecule has 0 aliphatic heterocycles. The van der Waals surface area contributed by atoms with Crippen LogP contribution < -0.4 is 0 Å². The molecule has 0 heterocycles. The third kappa shape index (κ3) is 55.3. The highest BCUT2D eigenvalue weighted by atomic mass is 16.6. The average Bonchev–Trinajstić information content (AvgIpc) is 3.36. The number of unbranched alkanes of at least 4 members (excludes halogenated alkanes) is 25. The van der Waals surface area contributed by atoms with Crippen LogP contribution in [0.4, 0.5) is 0 Å². The van der Waals surface area contributed by atoms with E-state index in [1.807, 2.05) is 6.08 Å². The number of carbonyl (C=O) groups excluding carboxylic acids is 3. The minimum Gasteiger partial charge on any atom is -0.462 e. The third-order valence-corrected chi connectivity index (χ3v) is 12.3. The SMILES string of the molecule is CC/C=C\C/C=C\C/C=C\C/C=C\C/C=C\C/C=C\CCC(=O)OCC(COC(=O)CCCCCCC/C=C\CCCCCCC)OC(=O)CCCCCCCCCCC/C=C\CCCCCCCC. The highest BCUT2D eigenvalue weighted by Gasteiger charge is 2.19. The Bertz CT molecular complexity index is 1400. The van der Waals surface area contributed by atoms with Crippen molar-refractivity contribution >= 4 is 17.9 Å². The first kappa shape index (κ1) is 66.3. The molecule has 0 radical (unpaired) electrons. The van der Waals surface area contributed by atoms with Crippen molar-refractivity contribution in [3.05, 3.63) is 97.2 Å². The van der Waals surface area contributed by atoms with Crippen LogP contribution in [0.2, 0.25) is 0 Å². The van der Waals surface area contributed by atoms with Gasteiger partial charge in [0.2, 0.25) is 0 Å². The lowest BCUT2D eigenvalue weighted by Crippen LogP contribution is -2.30. The van der Waals surface area contributed by atoms with Crippen LogP contribution in [0.15, 0.2) is 97.2 Å². The smallest absolute Gasteiger partial charge is 0.306 e. The maximum atomic E-state index is 12.9. The highest BCUT2D eigenvalue weighted by molar-refractivity contribution is 5.71. The minimum atomic E-state index is -0.813. The molecule has 70 heavy (non-hydrogen) atoms. The predicted octanol–water partition coefficient (Wildman–Crippen LogP) is 19.7. The summed E-state index contributed by atoms with van der Waals surface area (Å²) >= 11 is 0. The van der Waals surface area contributed by atoms with Crippen molar-refractivity contribution in [1.29, 1.82) is 0 Å². The van der Waals surface area contributed by atoms with E-state index in [-0.39, 0.29) is 37.5 Å². The Kier molecular flexibility index (Phi) is 54.9. The fourth-order valence-electron chi connectivity index (χ4n) is 7.93. The molecule has 1 atom stereocenters. The summed E-state index contributed by atoms with van der Waals surface area (Å²) < 4.78 is 16.8. The minimum absolute atomic E-state index is 0.106. The molecule has 0 aromatic rings. The number of rotatable bonds is 52. The Morgan fingerprint density at radius 1 is 0.300 bits per heavy atom. The van der Waals surface area contributed by atoms with Crippen LogP contribution in [0, 0.1) is 0 Å². The van der Waals surface area contributed by atoms with Gasteiger partial charge in [0.1, 0.15) is 13.2 Å². The zero-order valence-corrected chi connectivity index (χ0v) is 45.8. The summed E-state index contributed by atoms with van der Waals surface area (Å²) in [6.07, 6.45) is 76.9. The number of esters is 3. The summed E-state index contributed by atoms with van der Waals surface area (Å²) in [5.41, 5.74) is 0. The Morgan fingerprint density at radius 3 is 0.957 bits per heavy atom. The van der Waals surface area contributed by atoms with Crippen LogP contribution in [-0.4, -0.2) is 37.2 Å². The van der Waals surface area contributed by atoms with Crippen LogP contribution >= 0.6 is 0 Å². The fourth-order valence-corrected chi connectivity index (χ4v) is 7.93. The Balaban J connectivity index is 4.49. The highest BCUT2D eigenvalue weighted by Crippen LogP contribution is 2.15. The van der Waals surface area contributed by atoms with Crippen molar-refractivity contribution in [2.24, 2.45) is 0 Å². The van der Waals surface area contributed by atoms with E-state index in [0.29, 0.717) is 19.3 Å². The standard InChI is InChI=1S/C64H108O6/c1-4-7-10-13-16-19-22-25-28-30-32-34-36-39-42-45-48-51-54-57-63(66)69-60-61(59-68-62(65)56-53-50-47-44-41-38-27-24-21-18-15-12-9-6-3)70-64(67)58-55-52-49-46-43-40-37-35-33-31-29-26-23-20-17-14-11-8-5-2/h7,10,16,19,24-29,32,34,39,42,48,51,61H,4-6,8-9,11-15,17-18,20-23,30-31,33,35-38,40-41,43-47,49-50,52-60H2,1-3H3/b10-7-,19-16-,27-24-,28-25-,29-26-,34-32-,42-39-,51-48-. The van der Waals surface area contributed by atoms with E-state index in [2.05, 4.69) is 112 Å². The van der Waals surface area contributed by atoms with Crippen molar-refractivity contribution in [3.63, 3.8) is 0 Å². The molecule has 0 amide bonds. The van der Waals surface area contributed by atoms with Crippen LogP contribution in [0.5, 0.6) is 0 Å². The van der Waals surface area contributed by atoms with Gasteiger partial charge in [-0.2, -0.15) is 0 Å². The lowest BCUT2D eigenvalue weighted by molar-refractivity contribution is -0.166. The molecular weight excluding hydrogens is 865 g/mol. The van der Waals surface area contributed by atoms with Crippen LogP contribution in [0.25, 0.3) is 0 Å². The summed E-state index contributed by atoms with van der Waals surface area (Å²) in [6, 6.07) is 0. The molecule has 6 heteroatoms. The number of ether oxygens (including phenoxy) is 3. The van der Waals surface area contributed by atoms with Gasteiger partial charge in [-0.05, 0) is 109 Å². The van der Waals surface area contributed by atoms with E-state index in [9.17, 15) is 14.4 Å². The lowest BCUT2D eigenvalue weighted by Gasteiger charge is -2.18. The van der Waals surface area contributed by atoms with Crippen LogP contribution in [0.3, 0.4) is 0 Å². The maximum Gasteiger partial charge on any atom is 0.306 e. The molecule has 0 aliphatic carbocycles. The molecule has 0 aromatic carbocycles. The molecule has 1 unspecified atom stereocenters. The van der Waals surface area contributed by atoms with E-state index in [0.717, 1.165) is 89.9 Å². The van der Waals surface area contributed by atoms with Crippen molar-refractivity contribution in [1.82, 2.24) is 0 Å². The van der Waals surface area contributed by atoms with Crippen molar-refractivity contribution in [2.75, 3.05) is 13.2 Å². The molecule has 0 rings (SSSR count). The second-order valence-electron chi connectivity index (χ2n) is 19.2. The molecule has 6 nitrogen and oxygen atoms in total. The number of carbonyl (C=O) groups is 3. The van der Waals surface area contributed by atoms with E-state index in [1.54, 1.807) is 0 Å². The second-order valence-corrected chi connectivity index (χ2v) is 19.2. The third-order valence-electron chi connectivity index (χ3n) is 12.3. The molecule has 0 fully saturated rings. The van der Waals surface area contributed by atoms with E-state index in [1.165, 1.54) is 135 Å². The van der Waals surface area contributed by atoms with Gasteiger partial charge in [0.25, 0.3) is 0 Å². The first-order valence-electron chi connectivity index (χ1n) is 29.2. The van der Waals surface area contributed by atoms with Crippen molar-refractivity contribution < 1.29 is 28.6 Å². The second kappa shape index (κ2) is 57.9. The average molecular weight is 974 g/mol. The van der Waals surface area contributed by atoms with E-state index in [4.69, 9.17) is 14.2 Å². The summed E-state index contributed by atoms with van der Waals surface area (Å²) in [5.74, 6) is -0.999. The maximum absolute atomic E-state index is 12.9. The van der Waals surface area contributed by atoms with E-state index < -0.39 is 6.10 Å². The number of allylic oxidation sites excluding steroid dienone is 16. The predicted molar refractivity (Wildman–Crippen MR) is 302 cm³/mol. The number of hydrogen-bond acceptors (Lipinski definition) is 6. The zero-order chi connectivity index (χ0) is 50.7. The fraction of sp³-hybridized carbons (Fsp3) is 0.703. The van der Waals surface area contributed by atoms with Gasteiger partial charge in [-0.1, -0.05) is 240 Å². The molecule has 0 spiro atoms. The lowest BCUT2D eigenvalue weighted by atomic mass is 10.1. The molecule has 400 valence electrons. The van der Waals surface area contributed by atoms with Gasteiger partial charge in [0, 0.05) is 19.3 Å². The van der Waals surface area contributed by atoms with Gasteiger partial charge >= 0.3 is 17.9 Å². The van der Waals surface area contributed by atoms with Crippen molar-refractivity contribution in [2.45, 2.75) is 277 Å². The molecular formula is C64H108O6. The first-order valence-corrected chi connectivity index (χ1v) is 29.2. The van der Waals surface area contributed by atoms with Gasteiger partial charge < -0.3 is 14.2 Å². The topological polar surface area (TPSA) is 78.9 Å². The van der Waals surface area contributed by atoms with Gasteiger partial charge in [0.15, 0.2) is 6.10 Å². The normalized spacial score (nSPS) is 12.8. The summed E-state index contributed by atoms with van der Waals surface area (Å²) in [6.45, 7) is 6.45. The summed E-state index contributed by atoms with van der Waals surface area (Å²) in [7, 11) is 0. The first-order chi connectivity index (χ1) is 34.5. The quantitative estimate of drug-likeness (QED) is 0.0262. The monoisotopic (exact) mass is 973 g/mol. The molecule has 0 aromatic heterocycles. The van der Waals surface area contributed by atoms with Crippen LogP contribution in [0.1, 0.15) is 271 Å². The van der Waals surface area contributed by atoms with E-state index >= 15 is 0 Å². The Morgan fingerprint density at radius 2 is 0.586 bits per heavy atom. The van der Waals surface area contributed by atoms with Gasteiger partial charge in [0.05, 0.1) is 0 Å². The van der Waals surface area contributed by atoms with Crippen molar-refractivity contribution in [3.8, 4) is 0 Å². The molecule has 0 saturated heterocycles. The van der Waals surface area contributed by atoms with Crippen LogP contribution in [-0.2, 0) is 28.6 Å². The molecule has 0 aliphatic rings. The van der Waals surface area contributed by atoms with Gasteiger partial charge in [-0.3, -0.25) is 14.4 Å². The summed E-state index contributed by atoms with van der Waals surface area (Å²) in [5, 5.41) is 0. The molecule has 0 saturated carbocycles. The van der Waals surface area contributed by atoms with Gasteiger partial charge in [-0.15, -0.1) is 0 Å². The Labute approximate surface area is 432 Å². The zero-order valence-electron chi connectivity index (χ0n) is 45.8. The summed E-state index contributed by atoms with van der Waals surface area (Å²) in [4.78, 5) is 38.1. The number of hydrogen-bond donors (Lipinski definition) is 0. The molecule has 0 N–H and O–H groups in total. The van der Waals surface area contributed by atoms with Gasteiger partial charge in [-0.25, -0.2) is 0 Å². The largest absolute Gasteiger partial charge is 0.462 e. The molecule has 0 bridgehead atoms.